The average molecular weight is 635 g/mol. The number of hydrogen-bond donors (Lipinski definition) is 3. The van der Waals surface area contributed by atoms with Gasteiger partial charge in [0.2, 0.25) is 5.95 Å². The summed E-state index contributed by atoms with van der Waals surface area (Å²) in [5, 5.41) is 9.70. The van der Waals surface area contributed by atoms with E-state index in [4.69, 9.17) is 21.1 Å². The summed E-state index contributed by atoms with van der Waals surface area (Å²) in [4.78, 5) is 29.5. The number of anilines is 6. The van der Waals surface area contributed by atoms with Crippen molar-refractivity contribution >= 4 is 52.0 Å². The number of carbonyl (C=O) groups excluding carboxylic acids is 1. The summed E-state index contributed by atoms with van der Waals surface area (Å²) in [6, 6.07) is 12.6. The number of benzene rings is 2. The zero-order chi connectivity index (χ0) is 31.2. The van der Waals surface area contributed by atoms with Gasteiger partial charge in [-0.25, -0.2) is 4.98 Å². The van der Waals surface area contributed by atoms with Crippen LogP contribution >= 0.6 is 11.6 Å². The number of ether oxygens (including phenoxy) is 2. The second-order valence-electron chi connectivity index (χ2n) is 11.7. The number of carbonyl (C=O) groups is 1. The molecule has 6 rings (SSSR count). The Kier molecular flexibility index (Phi) is 10.1. The fraction of sp³-hybridized carbons (Fsp3) is 0.485. The summed E-state index contributed by atoms with van der Waals surface area (Å²) < 4.78 is 11.1. The molecule has 3 aliphatic rings. The van der Waals surface area contributed by atoms with Crippen molar-refractivity contribution in [3.63, 3.8) is 0 Å². The normalized spacial score (nSPS) is 18.0. The molecule has 3 N–H and O–H groups in total. The predicted molar refractivity (Wildman–Crippen MR) is 180 cm³/mol. The number of nitrogens with one attached hydrogen (secondary N) is 3. The summed E-state index contributed by atoms with van der Waals surface area (Å²) in [5.74, 6) is 1.21. The van der Waals surface area contributed by atoms with Crippen molar-refractivity contribution in [2.45, 2.75) is 38.1 Å². The Morgan fingerprint density at radius 2 is 1.62 bits per heavy atom. The number of rotatable bonds is 9. The van der Waals surface area contributed by atoms with Crippen LogP contribution in [0.3, 0.4) is 0 Å². The highest BCUT2D eigenvalue weighted by Crippen LogP contribution is 2.34. The fourth-order valence-electron chi connectivity index (χ4n) is 6.51. The van der Waals surface area contributed by atoms with Crippen LogP contribution in [0, 0.1) is 0 Å². The monoisotopic (exact) mass is 634 g/mol. The molecule has 1 amide bonds. The van der Waals surface area contributed by atoms with Gasteiger partial charge in [0.05, 0.1) is 43.5 Å². The minimum absolute atomic E-state index is 0.184. The van der Waals surface area contributed by atoms with Crippen LogP contribution < -0.4 is 30.5 Å². The van der Waals surface area contributed by atoms with Gasteiger partial charge < -0.3 is 40.1 Å². The lowest BCUT2D eigenvalue weighted by atomic mass is 9.99. The van der Waals surface area contributed by atoms with Gasteiger partial charge in [0.1, 0.15) is 10.8 Å². The van der Waals surface area contributed by atoms with E-state index in [0.29, 0.717) is 53.0 Å². The first-order valence-corrected chi connectivity index (χ1v) is 16.3. The summed E-state index contributed by atoms with van der Waals surface area (Å²) in [6.45, 7) is 7.43. The number of halogens is 1. The smallest absolute Gasteiger partial charge is 0.253 e. The van der Waals surface area contributed by atoms with Gasteiger partial charge in [0, 0.05) is 50.6 Å². The molecule has 11 nitrogen and oxygen atoms in total. The number of methoxy groups -OCH3 is 1. The van der Waals surface area contributed by atoms with Crippen molar-refractivity contribution < 1.29 is 14.3 Å². The van der Waals surface area contributed by atoms with Crippen molar-refractivity contribution in [2.75, 3.05) is 87.1 Å². The van der Waals surface area contributed by atoms with E-state index in [0.717, 1.165) is 56.1 Å². The van der Waals surface area contributed by atoms with Crippen LogP contribution in [-0.4, -0.2) is 93.5 Å². The van der Waals surface area contributed by atoms with Crippen molar-refractivity contribution in [2.24, 2.45) is 0 Å². The Morgan fingerprint density at radius 1 is 0.911 bits per heavy atom. The molecule has 0 aliphatic carbocycles. The van der Waals surface area contributed by atoms with Gasteiger partial charge in [0.15, 0.2) is 5.82 Å². The maximum atomic E-state index is 13.1. The van der Waals surface area contributed by atoms with Crippen molar-refractivity contribution in [3.8, 4) is 5.75 Å². The highest BCUT2D eigenvalue weighted by molar-refractivity contribution is 6.33. The third-order valence-electron chi connectivity index (χ3n) is 9.01. The quantitative estimate of drug-likeness (QED) is 0.288. The van der Waals surface area contributed by atoms with E-state index in [1.54, 1.807) is 14.2 Å². The van der Waals surface area contributed by atoms with Crippen LogP contribution in [0.4, 0.5) is 34.5 Å². The predicted octanol–water partition coefficient (Wildman–Crippen LogP) is 5.28. The van der Waals surface area contributed by atoms with Gasteiger partial charge in [-0.3, -0.25) is 4.79 Å². The molecule has 0 atom stereocenters. The van der Waals surface area contributed by atoms with Gasteiger partial charge in [-0.1, -0.05) is 18.0 Å². The standard InChI is InChI=1S/C33H43ClN8O3/c1-35-32(43)26-20-24(41-14-10-23(11-15-41)40-12-4-3-5-13-40)6-8-28(26)37-31-27(34)22-36-33(39-31)38-29-21-25(7-9-30(29)44-2)42-16-18-45-19-17-42/h6-9,20-23H,3-5,10-19H2,1-2H3,(H,35,43)(H2,36,37,38,39). The largest absolute Gasteiger partial charge is 0.495 e. The van der Waals surface area contributed by atoms with Gasteiger partial charge in [-0.2, -0.15) is 4.98 Å². The minimum Gasteiger partial charge on any atom is -0.495 e. The van der Waals surface area contributed by atoms with Crippen molar-refractivity contribution in [1.82, 2.24) is 20.2 Å². The Balaban J connectivity index is 1.19. The molecule has 2 aromatic carbocycles. The van der Waals surface area contributed by atoms with Crippen molar-refractivity contribution in [3.05, 3.63) is 53.2 Å². The lowest BCUT2D eigenvalue weighted by molar-refractivity contribution is 0.0964. The number of morpholine rings is 1. The van der Waals surface area contributed by atoms with E-state index < -0.39 is 0 Å². The van der Waals surface area contributed by atoms with Crippen LogP contribution in [0.2, 0.25) is 5.02 Å². The zero-order valence-electron chi connectivity index (χ0n) is 26.1. The van der Waals surface area contributed by atoms with Crippen LogP contribution in [0.1, 0.15) is 42.5 Å². The third kappa shape index (κ3) is 7.37. The van der Waals surface area contributed by atoms with Crippen LogP contribution in [0.5, 0.6) is 5.75 Å². The SMILES string of the molecule is CNC(=O)c1cc(N2CCC(N3CCCCC3)CC2)ccc1Nc1nc(Nc2cc(N3CCOCC3)ccc2OC)ncc1Cl. The van der Waals surface area contributed by atoms with Gasteiger partial charge in [-0.05, 0) is 75.2 Å². The first-order chi connectivity index (χ1) is 22.0. The van der Waals surface area contributed by atoms with Gasteiger partial charge in [0.25, 0.3) is 5.91 Å². The van der Waals surface area contributed by atoms with Crippen LogP contribution in [0.15, 0.2) is 42.6 Å². The van der Waals surface area contributed by atoms with Gasteiger partial charge in [-0.15, -0.1) is 0 Å². The molecule has 1 aromatic heterocycles. The fourth-order valence-corrected chi connectivity index (χ4v) is 6.65. The molecule has 3 aliphatic heterocycles. The Labute approximate surface area is 270 Å². The highest BCUT2D eigenvalue weighted by atomic mass is 35.5. The summed E-state index contributed by atoms with van der Waals surface area (Å²) in [5.41, 5.74) is 3.96. The maximum Gasteiger partial charge on any atom is 0.253 e. The lowest BCUT2D eigenvalue weighted by Crippen LogP contribution is -2.46. The molecule has 45 heavy (non-hydrogen) atoms. The molecule has 4 heterocycles. The molecule has 3 saturated heterocycles. The molecule has 3 aromatic rings. The number of hydrogen-bond acceptors (Lipinski definition) is 10. The van der Waals surface area contributed by atoms with E-state index >= 15 is 0 Å². The van der Waals surface area contributed by atoms with Gasteiger partial charge >= 0.3 is 0 Å². The number of piperidine rings is 2. The number of nitrogens with zero attached hydrogens (tertiary/aromatic N) is 5. The lowest BCUT2D eigenvalue weighted by Gasteiger charge is -2.41. The molecule has 0 unspecified atom stereocenters. The van der Waals surface area contributed by atoms with E-state index in [2.05, 4.69) is 46.7 Å². The average Bonchev–Trinajstić information content (AvgIpc) is 3.10. The number of aromatic nitrogens is 2. The first kappa shape index (κ1) is 31.2. The Bertz CT molecular complexity index is 1470. The zero-order valence-corrected chi connectivity index (χ0v) is 26.9. The molecule has 240 valence electrons. The summed E-state index contributed by atoms with van der Waals surface area (Å²) >= 11 is 6.56. The topological polar surface area (TPSA) is 107 Å². The molecular weight excluding hydrogens is 592 g/mol. The molecule has 0 bridgehead atoms. The summed E-state index contributed by atoms with van der Waals surface area (Å²) in [6.07, 6.45) is 7.80. The molecule has 0 saturated carbocycles. The second kappa shape index (κ2) is 14.5. The maximum absolute atomic E-state index is 13.1. The Morgan fingerprint density at radius 3 is 2.36 bits per heavy atom. The molecule has 12 heteroatoms. The molecular formula is C33H43ClN8O3. The molecule has 0 spiro atoms. The molecule has 3 fully saturated rings. The van der Waals surface area contributed by atoms with Crippen LogP contribution in [0.25, 0.3) is 0 Å². The van der Waals surface area contributed by atoms with E-state index in [1.807, 2.05) is 30.3 Å². The number of amides is 1. The third-order valence-corrected chi connectivity index (χ3v) is 9.29. The highest BCUT2D eigenvalue weighted by Gasteiger charge is 2.26. The van der Waals surface area contributed by atoms with E-state index in [1.165, 1.54) is 38.5 Å². The Hall–Kier alpha value is -3.80. The van der Waals surface area contributed by atoms with E-state index in [-0.39, 0.29) is 5.91 Å². The van der Waals surface area contributed by atoms with E-state index in [9.17, 15) is 4.79 Å². The number of likely N-dealkylation sites (tertiary alicyclic amines) is 1. The minimum atomic E-state index is -0.184. The summed E-state index contributed by atoms with van der Waals surface area (Å²) in [7, 11) is 3.27. The van der Waals surface area contributed by atoms with Crippen molar-refractivity contribution in [1.29, 1.82) is 0 Å². The van der Waals surface area contributed by atoms with Crippen LogP contribution in [-0.2, 0) is 4.74 Å². The first-order valence-electron chi connectivity index (χ1n) is 15.9. The second-order valence-corrected chi connectivity index (χ2v) is 12.2. The molecule has 0 radical (unpaired) electrons.